The van der Waals surface area contributed by atoms with E-state index in [1.54, 1.807) is 24.5 Å². The normalized spacial score (nSPS) is 18.8. The van der Waals surface area contributed by atoms with Crippen molar-refractivity contribution in [3.63, 3.8) is 0 Å². The molecule has 1 unspecified atom stereocenters. The molecule has 2 aliphatic rings. The number of rotatable bonds is 4. The van der Waals surface area contributed by atoms with Crippen molar-refractivity contribution in [2.45, 2.75) is 19.8 Å². The van der Waals surface area contributed by atoms with Gasteiger partial charge in [0.25, 0.3) is 0 Å². The molecule has 0 amide bonds. The average molecular weight is 348 g/mol. The molecule has 126 valence electrons. The predicted octanol–water partition coefficient (Wildman–Crippen LogP) is 3.70. The zero-order valence-corrected chi connectivity index (χ0v) is 14.1. The Hall–Kier alpha value is -2.41. The number of fused-ring (bicyclic) bond motifs is 3. The van der Waals surface area contributed by atoms with Crippen LogP contribution in [0.5, 0.6) is 5.75 Å². The zero-order chi connectivity index (χ0) is 17.1. The van der Waals surface area contributed by atoms with E-state index in [4.69, 9.17) is 18.9 Å². The van der Waals surface area contributed by atoms with Gasteiger partial charge in [-0.3, -0.25) is 0 Å². The summed E-state index contributed by atoms with van der Waals surface area (Å²) in [5, 5.41) is 2.11. The Bertz CT molecular complexity index is 736. The highest BCUT2D eigenvalue weighted by Crippen LogP contribution is 2.49. The third kappa shape index (κ3) is 2.99. The maximum Gasteiger partial charge on any atom is 0.513 e. The van der Waals surface area contributed by atoms with Crippen molar-refractivity contribution in [3.8, 4) is 5.75 Å². The Balaban J connectivity index is 2.04. The minimum atomic E-state index is -0.806. The number of hydrogen-bond acceptors (Lipinski definition) is 7. The molecule has 1 aromatic carbocycles. The largest absolute Gasteiger partial charge is 0.513 e. The fraction of sp³-hybridized carbons (Fsp3) is 0.294. The second kappa shape index (κ2) is 7.00. The van der Waals surface area contributed by atoms with Crippen molar-refractivity contribution in [2.24, 2.45) is 0 Å². The van der Waals surface area contributed by atoms with E-state index in [0.29, 0.717) is 28.8 Å². The Morgan fingerprint density at radius 1 is 1.25 bits per heavy atom. The topological polar surface area (TPSA) is 71.1 Å². The first-order valence-corrected chi connectivity index (χ1v) is 8.43. The second-order valence-electron chi connectivity index (χ2n) is 4.92. The summed E-state index contributed by atoms with van der Waals surface area (Å²) in [4.78, 5) is 24.2. The number of ether oxygens (including phenoxy) is 4. The van der Waals surface area contributed by atoms with E-state index in [0.717, 1.165) is 5.56 Å². The highest BCUT2D eigenvalue weighted by atomic mass is 32.2. The summed E-state index contributed by atoms with van der Waals surface area (Å²) in [5.74, 6) is -0.305. The Kier molecular flexibility index (Phi) is 4.80. The van der Waals surface area contributed by atoms with Crippen LogP contribution in [0, 0.1) is 0 Å². The van der Waals surface area contributed by atoms with Crippen molar-refractivity contribution in [3.05, 3.63) is 51.7 Å². The zero-order valence-electron chi connectivity index (χ0n) is 13.2. The fourth-order valence-electron chi connectivity index (χ4n) is 2.55. The molecule has 0 radical (unpaired) electrons. The molecule has 1 atom stereocenters. The Morgan fingerprint density at radius 3 is 2.79 bits per heavy atom. The van der Waals surface area contributed by atoms with Gasteiger partial charge >= 0.3 is 12.1 Å². The summed E-state index contributed by atoms with van der Waals surface area (Å²) in [6.45, 7) is 4.14. The molecule has 0 spiro atoms. The lowest BCUT2D eigenvalue weighted by molar-refractivity contribution is -0.131. The van der Waals surface area contributed by atoms with Gasteiger partial charge < -0.3 is 18.9 Å². The van der Waals surface area contributed by atoms with Gasteiger partial charge in [0.1, 0.15) is 17.1 Å². The Morgan fingerprint density at radius 2 is 2.04 bits per heavy atom. The maximum atomic E-state index is 12.5. The molecule has 0 aromatic heterocycles. The van der Waals surface area contributed by atoms with E-state index in [9.17, 15) is 9.59 Å². The average Bonchev–Trinajstić information content (AvgIpc) is 2.57. The molecule has 24 heavy (non-hydrogen) atoms. The molecule has 0 aliphatic carbocycles. The maximum absolute atomic E-state index is 12.5. The van der Waals surface area contributed by atoms with Gasteiger partial charge in [-0.15, -0.1) is 0 Å². The van der Waals surface area contributed by atoms with E-state index in [1.165, 1.54) is 11.8 Å². The summed E-state index contributed by atoms with van der Waals surface area (Å²) >= 11 is 1.18. The Labute approximate surface area is 143 Å². The predicted molar refractivity (Wildman–Crippen MR) is 87.3 cm³/mol. The van der Waals surface area contributed by atoms with Crippen molar-refractivity contribution in [1.29, 1.82) is 0 Å². The third-order valence-electron chi connectivity index (χ3n) is 3.47. The van der Waals surface area contributed by atoms with E-state index >= 15 is 0 Å². The lowest BCUT2D eigenvalue weighted by Gasteiger charge is -2.31. The highest BCUT2D eigenvalue weighted by Gasteiger charge is 2.42. The summed E-state index contributed by atoms with van der Waals surface area (Å²) in [7, 11) is 0. The molecule has 2 aliphatic heterocycles. The van der Waals surface area contributed by atoms with Gasteiger partial charge in [-0.1, -0.05) is 30.0 Å². The first-order valence-electron chi connectivity index (χ1n) is 7.55. The highest BCUT2D eigenvalue weighted by molar-refractivity contribution is 8.05. The summed E-state index contributed by atoms with van der Waals surface area (Å²) in [6, 6.07) is 7.14. The van der Waals surface area contributed by atoms with Gasteiger partial charge in [-0.2, -0.15) is 0 Å². The van der Waals surface area contributed by atoms with Crippen LogP contribution in [0.15, 0.2) is 46.1 Å². The van der Waals surface area contributed by atoms with Crippen LogP contribution in [0.3, 0.4) is 0 Å². The smallest absolute Gasteiger partial charge is 0.487 e. The van der Waals surface area contributed by atoms with Crippen LogP contribution in [0.1, 0.15) is 25.3 Å². The molecule has 3 rings (SSSR count). The number of allylic oxidation sites excluding steroid dienone is 1. The number of hydrogen-bond donors (Lipinski definition) is 0. The number of para-hydroxylation sites is 1. The van der Waals surface area contributed by atoms with Crippen LogP contribution in [-0.4, -0.2) is 25.3 Å². The third-order valence-corrected chi connectivity index (χ3v) is 4.37. The first-order chi connectivity index (χ1) is 11.7. The van der Waals surface area contributed by atoms with Crippen molar-refractivity contribution in [2.75, 3.05) is 13.2 Å². The van der Waals surface area contributed by atoms with Crippen LogP contribution in [0.2, 0.25) is 0 Å². The molecule has 6 nitrogen and oxygen atoms in total. The monoisotopic (exact) mass is 348 g/mol. The molecule has 0 saturated heterocycles. The van der Waals surface area contributed by atoms with E-state index in [1.807, 2.05) is 19.1 Å². The second-order valence-corrected chi connectivity index (χ2v) is 5.76. The quantitative estimate of drug-likeness (QED) is 0.607. The van der Waals surface area contributed by atoms with Crippen molar-refractivity contribution in [1.82, 2.24) is 0 Å². The van der Waals surface area contributed by atoms with Gasteiger partial charge in [0.05, 0.1) is 19.1 Å². The van der Waals surface area contributed by atoms with Crippen molar-refractivity contribution < 1.29 is 28.5 Å². The summed E-state index contributed by atoms with van der Waals surface area (Å²) in [5.41, 5.74) is 1.07. The van der Waals surface area contributed by atoms with Gasteiger partial charge in [0, 0.05) is 11.0 Å². The fourth-order valence-corrected chi connectivity index (χ4v) is 3.47. The SMILES string of the molecule is CCOC(=O)OC1=CSC(OCC)=C2C(=O)Oc3ccccc3C12. The number of carbonyl (C=O) groups excluding carboxylic acids is 2. The molecule has 0 N–H and O–H groups in total. The standard InChI is InChI=1S/C17H16O6S/c1-3-20-16-14-13(12(9-24-16)23-17(19)21-4-2)10-7-5-6-8-11(10)22-15(14)18/h5-9,13H,3-4H2,1-2H3. The van der Waals surface area contributed by atoms with Crippen LogP contribution in [-0.2, 0) is 19.0 Å². The summed E-state index contributed by atoms with van der Waals surface area (Å²) in [6.07, 6.45) is -0.806. The minimum absolute atomic E-state index is 0.204. The lowest BCUT2D eigenvalue weighted by atomic mass is 9.87. The van der Waals surface area contributed by atoms with Gasteiger partial charge in [0.2, 0.25) is 0 Å². The molecule has 2 heterocycles. The first kappa shape index (κ1) is 16.4. The number of benzene rings is 1. The van der Waals surface area contributed by atoms with Crippen LogP contribution >= 0.6 is 11.8 Å². The van der Waals surface area contributed by atoms with E-state index in [2.05, 4.69) is 0 Å². The molecule has 0 fully saturated rings. The molecular weight excluding hydrogens is 332 g/mol. The van der Waals surface area contributed by atoms with Crippen LogP contribution in [0.4, 0.5) is 4.79 Å². The minimum Gasteiger partial charge on any atom is -0.487 e. The van der Waals surface area contributed by atoms with Gasteiger partial charge in [-0.25, -0.2) is 9.59 Å². The number of esters is 1. The summed E-state index contributed by atoms with van der Waals surface area (Å²) < 4.78 is 21.1. The number of thioether (sulfide) groups is 1. The van der Waals surface area contributed by atoms with E-state index < -0.39 is 18.0 Å². The molecule has 0 saturated carbocycles. The molecule has 1 aromatic rings. The molecule has 7 heteroatoms. The van der Waals surface area contributed by atoms with Crippen molar-refractivity contribution >= 4 is 23.9 Å². The molecular formula is C17H16O6S. The van der Waals surface area contributed by atoms with Crippen LogP contribution in [0.25, 0.3) is 0 Å². The lowest BCUT2D eigenvalue weighted by Crippen LogP contribution is -2.29. The van der Waals surface area contributed by atoms with Gasteiger partial charge in [0.15, 0.2) is 5.09 Å². The number of carbonyl (C=O) groups is 2. The molecule has 0 bridgehead atoms. The van der Waals surface area contributed by atoms with Gasteiger partial charge in [-0.05, 0) is 19.9 Å². The van der Waals surface area contributed by atoms with E-state index in [-0.39, 0.29) is 6.61 Å². The van der Waals surface area contributed by atoms with Crippen LogP contribution < -0.4 is 4.74 Å².